The first-order valence-electron chi connectivity index (χ1n) is 5.18. The molecule has 0 unspecified atom stereocenters. The van der Waals surface area contributed by atoms with E-state index in [0.29, 0.717) is 0 Å². The summed E-state index contributed by atoms with van der Waals surface area (Å²) in [5.74, 6) is 0.124. The number of nitrogens with one attached hydrogen (secondary N) is 1. The Hall–Kier alpha value is -1.35. The minimum Gasteiger partial charge on any atom is -0.371 e. The van der Waals surface area contributed by atoms with Crippen LogP contribution in [0.25, 0.3) is 0 Å². The van der Waals surface area contributed by atoms with Crippen LogP contribution in [-0.4, -0.2) is 24.7 Å². The van der Waals surface area contributed by atoms with Crippen molar-refractivity contribution in [3.63, 3.8) is 0 Å². The number of allylic oxidation sites excluding steroid dienone is 4. The number of methoxy groups -OCH3 is 1. The summed E-state index contributed by atoms with van der Waals surface area (Å²) >= 11 is 0. The topological polar surface area (TPSA) is 38.3 Å². The molecule has 3 aliphatic rings. The predicted octanol–water partition coefficient (Wildman–Crippen LogP) is 0.798. The van der Waals surface area contributed by atoms with Gasteiger partial charge in [0, 0.05) is 13.0 Å². The van der Waals surface area contributed by atoms with Gasteiger partial charge in [0.25, 0.3) is 0 Å². The lowest BCUT2D eigenvalue weighted by molar-refractivity contribution is -0.126. The van der Waals surface area contributed by atoms with Crippen molar-refractivity contribution >= 4 is 5.91 Å². The van der Waals surface area contributed by atoms with E-state index < -0.39 is 5.60 Å². The monoisotopic (exact) mass is 203 g/mol. The van der Waals surface area contributed by atoms with Gasteiger partial charge in [-0.3, -0.25) is 4.79 Å². The second kappa shape index (κ2) is 2.83. The number of amides is 1. The molecule has 0 aromatic heterocycles. The number of hydrogen-bond donors (Lipinski definition) is 1. The van der Waals surface area contributed by atoms with E-state index in [9.17, 15) is 4.79 Å². The number of hydrogen-bond acceptors (Lipinski definition) is 2. The number of ether oxygens (including phenoxy) is 1. The van der Waals surface area contributed by atoms with E-state index in [1.807, 2.05) is 24.3 Å². The van der Waals surface area contributed by atoms with Crippen molar-refractivity contribution in [1.29, 1.82) is 0 Å². The Bertz CT molecular complexity index is 396. The summed E-state index contributed by atoms with van der Waals surface area (Å²) in [5.41, 5.74) is -0.486. The summed E-state index contributed by atoms with van der Waals surface area (Å²) in [4.78, 5) is 11.9. The molecule has 1 fully saturated rings. The molecule has 3 rings (SSSR count). The molecule has 0 aromatic rings. The van der Waals surface area contributed by atoms with Crippen LogP contribution in [0, 0.1) is 11.8 Å². The Morgan fingerprint density at radius 2 is 2.20 bits per heavy atom. The molecule has 1 amide bonds. The van der Waals surface area contributed by atoms with Crippen LogP contribution in [0.2, 0.25) is 0 Å². The van der Waals surface area contributed by atoms with Gasteiger partial charge < -0.3 is 10.1 Å². The van der Waals surface area contributed by atoms with Crippen LogP contribution in [0.15, 0.2) is 36.5 Å². The van der Waals surface area contributed by atoms with E-state index in [0.717, 1.165) is 0 Å². The Morgan fingerprint density at radius 3 is 3.00 bits per heavy atom. The van der Waals surface area contributed by atoms with E-state index in [4.69, 9.17) is 4.74 Å². The maximum Gasteiger partial charge on any atom is 0.227 e. The maximum atomic E-state index is 11.9. The molecule has 2 aliphatic carbocycles. The fraction of sp³-hybridized carbons (Fsp3) is 0.417. The lowest BCUT2D eigenvalue weighted by Crippen LogP contribution is -2.48. The number of carbonyl (C=O) groups is 1. The third kappa shape index (κ3) is 0.960. The van der Waals surface area contributed by atoms with E-state index in [1.165, 1.54) is 0 Å². The van der Waals surface area contributed by atoms with Gasteiger partial charge in [0.1, 0.15) is 5.60 Å². The van der Waals surface area contributed by atoms with Gasteiger partial charge in [-0.05, 0) is 6.08 Å². The predicted molar refractivity (Wildman–Crippen MR) is 56.1 cm³/mol. The molecule has 0 aromatic carbocycles. The maximum absolute atomic E-state index is 11.9. The van der Waals surface area contributed by atoms with Gasteiger partial charge in [0.15, 0.2) is 0 Å². The Labute approximate surface area is 88.5 Å². The van der Waals surface area contributed by atoms with E-state index in [-0.39, 0.29) is 23.8 Å². The number of carbonyl (C=O) groups excluding carboxylic acids is 1. The minimum atomic E-state index is -0.486. The first kappa shape index (κ1) is 8.92. The zero-order valence-electron chi connectivity index (χ0n) is 8.51. The van der Waals surface area contributed by atoms with Gasteiger partial charge in [0.2, 0.25) is 5.91 Å². The van der Waals surface area contributed by atoms with Crippen molar-refractivity contribution in [3.05, 3.63) is 36.5 Å². The van der Waals surface area contributed by atoms with Crippen molar-refractivity contribution < 1.29 is 9.53 Å². The fourth-order valence-electron chi connectivity index (χ4n) is 2.88. The molecule has 78 valence electrons. The van der Waals surface area contributed by atoms with Gasteiger partial charge in [-0.25, -0.2) is 0 Å². The quantitative estimate of drug-likeness (QED) is 0.640. The molecule has 0 radical (unpaired) electrons. The highest BCUT2D eigenvalue weighted by Crippen LogP contribution is 2.44. The highest BCUT2D eigenvalue weighted by Gasteiger charge is 2.57. The van der Waals surface area contributed by atoms with Crippen LogP contribution in [0.1, 0.15) is 0 Å². The van der Waals surface area contributed by atoms with Crippen LogP contribution in [0.5, 0.6) is 0 Å². The van der Waals surface area contributed by atoms with E-state index in [1.54, 1.807) is 7.11 Å². The van der Waals surface area contributed by atoms with Crippen LogP contribution >= 0.6 is 0 Å². The first-order valence-corrected chi connectivity index (χ1v) is 5.18. The Kier molecular flexibility index (Phi) is 1.68. The molecule has 3 heteroatoms. The lowest BCUT2D eigenvalue weighted by Gasteiger charge is -2.37. The normalized spacial score (nSPS) is 45.4. The molecule has 1 aliphatic heterocycles. The van der Waals surface area contributed by atoms with Crippen molar-refractivity contribution in [1.82, 2.24) is 5.32 Å². The zero-order chi connectivity index (χ0) is 10.5. The molecule has 3 nitrogen and oxygen atoms in total. The smallest absolute Gasteiger partial charge is 0.227 e. The molecular weight excluding hydrogens is 190 g/mol. The molecule has 4 atom stereocenters. The summed E-state index contributed by atoms with van der Waals surface area (Å²) in [6, 6.07) is -0.0209. The van der Waals surface area contributed by atoms with Gasteiger partial charge in [0.05, 0.1) is 12.0 Å². The van der Waals surface area contributed by atoms with Crippen molar-refractivity contribution in [2.75, 3.05) is 7.11 Å². The lowest BCUT2D eigenvalue weighted by atomic mass is 9.73. The number of rotatable bonds is 1. The molecule has 1 N–H and O–H groups in total. The van der Waals surface area contributed by atoms with Gasteiger partial charge in [-0.1, -0.05) is 30.4 Å². The van der Waals surface area contributed by atoms with Gasteiger partial charge in [-0.2, -0.15) is 0 Å². The summed E-state index contributed by atoms with van der Waals surface area (Å²) in [6.07, 6.45) is 12.1. The second-order valence-electron chi connectivity index (χ2n) is 4.23. The second-order valence-corrected chi connectivity index (χ2v) is 4.23. The Morgan fingerprint density at radius 1 is 1.33 bits per heavy atom. The van der Waals surface area contributed by atoms with E-state index in [2.05, 4.69) is 17.5 Å². The summed E-state index contributed by atoms with van der Waals surface area (Å²) in [7, 11) is 1.67. The third-order valence-corrected chi connectivity index (χ3v) is 3.62. The van der Waals surface area contributed by atoms with Gasteiger partial charge >= 0.3 is 0 Å². The highest BCUT2D eigenvalue weighted by molar-refractivity contribution is 5.86. The molecule has 15 heavy (non-hydrogen) atoms. The zero-order valence-corrected chi connectivity index (χ0v) is 8.51. The fourth-order valence-corrected chi connectivity index (χ4v) is 2.88. The molecule has 0 spiro atoms. The SMILES string of the molecule is CO[C@@]12C=CC=C[C@H]3C=C[C@H]1NC(=O)[C@@H]32. The van der Waals surface area contributed by atoms with Crippen LogP contribution < -0.4 is 5.32 Å². The molecule has 1 saturated heterocycles. The Balaban J connectivity index is 2.19. The largest absolute Gasteiger partial charge is 0.371 e. The molecule has 4 bridgehead atoms. The van der Waals surface area contributed by atoms with Crippen LogP contribution in [-0.2, 0) is 9.53 Å². The first-order chi connectivity index (χ1) is 7.28. The summed E-state index contributed by atoms with van der Waals surface area (Å²) in [5, 5.41) is 2.97. The summed E-state index contributed by atoms with van der Waals surface area (Å²) < 4.78 is 5.63. The van der Waals surface area contributed by atoms with Gasteiger partial charge in [-0.15, -0.1) is 0 Å². The van der Waals surface area contributed by atoms with Crippen LogP contribution in [0.4, 0.5) is 0 Å². The van der Waals surface area contributed by atoms with Crippen molar-refractivity contribution in [2.24, 2.45) is 11.8 Å². The third-order valence-electron chi connectivity index (χ3n) is 3.62. The average molecular weight is 203 g/mol. The van der Waals surface area contributed by atoms with Crippen molar-refractivity contribution in [2.45, 2.75) is 11.6 Å². The minimum absolute atomic E-state index is 0.0209. The van der Waals surface area contributed by atoms with E-state index >= 15 is 0 Å². The summed E-state index contributed by atoms with van der Waals surface area (Å²) in [6.45, 7) is 0. The molecular formula is C12H13NO2. The van der Waals surface area contributed by atoms with Crippen molar-refractivity contribution in [3.8, 4) is 0 Å². The average Bonchev–Trinajstić information content (AvgIpc) is 2.39. The van der Waals surface area contributed by atoms with Crippen LogP contribution in [0.3, 0.4) is 0 Å². The molecule has 0 saturated carbocycles. The molecule has 1 heterocycles. The highest BCUT2D eigenvalue weighted by atomic mass is 16.5. The standard InChI is InChI=1S/C12H13NO2/c1-15-12-7-3-2-4-8-5-6-9(12)13-11(14)10(8)12/h2-10H,1H3,(H,13,14)/t8-,9+,10+,12-/m0/s1.